The zero-order chi connectivity index (χ0) is 22.3. The second kappa shape index (κ2) is 8.35. The van der Waals surface area contributed by atoms with Crippen molar-refractivity contribution in [2.24, 2.45) is 11.3 Å². The van der Waals surface area contributed by atoms with Crippen molar-refractivity contribution in [2.45, 2.75) is 19.3 Å². The summed E-state index contributed by atoms with van der Waals surface area (Å²) in [6, 6.07) is 10.4. The van der Waals surface area contributed by atoms with Gasteiger partial charge < -0.3 is 14.7 Å². The molecular weight excluding hydrogens is 431 g/mol. The molecule has 1 aliphatic carbocycles. The SMILES string of the molecule is O=C(c1cccc(Cl)c1F)N1CCC2(CC1)C[C@@H]2C(=O)N1CCN(c2ccccn2)CC1. The van der Waals surface area contributed by atoms with E-state index in [0.717, 1.165) is 38.2 Å². The highest BCUT2D eigenvalue weighted by atomic mass is 35.5. The maximum Gasteiger partial charge on any atom is 0.256 e. The predicted molar refractivity (Wildman–Crippen MR) is 120 cm³/mol. The summed E-state index contributed by atoms with van der Waals surface area (Å²) in [6.07, 6.45) is 4.25. The highest BCUT2D eigenvalue weighted by molar-refractivity contribution is 6.31. The van der Waals surface area contributed by atoms with Crippen LogP contribution in [0.15, 0.2) is 42.6 Å². The second-order valence-corrected chi connectivity index (χ2v) is 9.42. The number of nitrogens with zero attached hydrogens (tertiary/aromatic N) is 4. The van der Waals surface area contributed by atoms with Crippen molar-refractivity contribution in [1.82, 2.24) is 14.8 Å². The van der Waals surface area contributed by atoms with Crippen LogP contribution in [0.3, 0.4) is 0 Å². The number of pyridine rings is 1. The lowest BCUT2D eigenvalue weighted by Crippen LogP contribution is -2.50. The number of likely N-dealkylation sites (tertiary alicyclic amines) is 1. The average Bonchev–Trinajstić information content (AvgIpc) is 3.54. The Hall–Kier alpha value is -2.67. The van der Waals surface area contributed by atoms with Gasteiger partial charge in [-0.15, -0.1) is 0 Å². The van der Waals surface area contributed by atoms with Crippen molar-refractivity contribution in [3.05, 3.63) is 59.0 Å². The summed E-state index contributed by atoms with van der Waals surface area (Å²) < 4.78 is 14.2. The molecule has 168 valence electrons. The molecule has 2 aromatic rings. The van der Waals surface area contributed by atoms with E-state index in [4.69, 9.17) is 11.6 Å². The van der Waals surface area contributed by atoms with Gasteiger partial charge in [-0.3, -0.25) is 9.59 Å². The van der Waals surface area contributed by atoms with Crippen molar-refractivity contribution < 1.29 is 14.0 Å². The van der Waals surface area contributed by atoms with Crippen LogP contribution in [-0.4, -0.2) is 65.9 Å². The number of carbonyl (C=O) groups excluding carboxylic acids is 2. The van der Waals surface area contributed by atoms with Gasteiger partial charge in [-0.2, -0.15) is 0 Å². The first kappa shape index (κ1) is 21.2. The molecule has 5 rings (SSSR count). The molecule has 8 heteroatoms. The monoisotopic (exact) mass is 456 g/mol. The van der Waals surface area contributed by atoms with Crippen molar-refractivity contribution in [3.63, 3.8) is 0 Å². The van der Waals surface area contributed by atoms with E-state index < -0.39 is 5.82 Å². The first-order valence-electron chi connectivity index (χ1n) is 11.2. The van der Waals surface area contributed by atoms with E-state index >= 15 is 0 Å². The number of benzene rings is 1. The summed E-state index contributed by atoms with van der Waals surface area (Å²) in [4.78, 5) is 36.2. The van der Waals surface area contributed by atoms with Gasteiger partial charge in [-0.25, -0.2) is 9.37 Å². The molecule has 1 aromatic heterocycles. The molecule has 1 aromatic carbocycles. The molecule has 2 amide bonds. The van der Waals surface area contributed by atoms with Crippen LogP contribution in [0.4, 0.5) is 10.2 Å². The number of anilines is 1. The molecule has 3 heterocycles. The average molecular weight is 457 g/mol. The van der Waals surface area contributed by atoms with E-state index in [1.54, 1.807) is 17.2 Å². The number of halogens is 2. The van der Waals surface area contributed by atoms with Crippen LogP contribution in [0, 0.1) is 17.2 Å². The number of aromatic nitrogens is 1. The van der Waals surface area contributed by atoms with Gasteiger partial charge in [-0.05, 0) is 48.9 Å². The van der Waals surface area contributed by atoms with Crippen molar-refractivity contribution in [1.29, 1.82) is 0 Å². The highest BCUT2D eigenvalue weighted by Gasteiger charge is 2.59. The first-order chi connectivity index (χ1) is 15.5. The van der Waals surface area contributed by atoms with Crippen molar-refractivity contribution in [2.75, 3.05) is 44.2 Å². The standard InChI is InChI=1S/C24H26ClFN4O2/c25-19-5-3-4-17(21(19)26)22(31)29-10-7-24(8-11-29)16-18(24)23(32)30-14-12-28(13-15-30)20-6-1-2-9-27-20/h1-6,9,18H,7-8,10-16H2/t18-/m1/s1. The molecule has 1 saturated carbocycles. The molecule has 2 aliphatic heterocycles. The van der Waals surface area contributed by atoms with Crippen LogP contribution in [0.25, 0.3) is 0 Å². The third-order valence-electron chi connectivity index (χ3n) is 7.28. The van der Waals surface area contributed by atoms with E-state index in [1.807, 2.05) is 23.1 Å². The molecule has 0 radical (unpaired) electrons. The lowest BCUT2D eigenvalue weighted by molar-refractivity contribution is -0.134. The molecular formula is C24H26ClFN4O2. The molecule has 0 bridgehead atoms. The van der Waals surface area contributed by atoms with Gasteiger partial charge in [0.25, 0.3) is 5.91 Å². The summed E-state index contributed by atoms with van der Waals surface area (Å²) in [6.45, 7) is 4.08. The Morgan fingerprint density at radius 3 is 2.41 bits per heavy atom. The Kier molecular flexibility index (Phi) is 5.53. The number of piperazine rings is 1. The fourth-order valence-corrected chi connectivity index (χ4v) is 5.34. The van der Waals surface area contributed by atoms with Gasteiger partial charge in [0.05, 0.1) is 10.6 Å². The fraction of sp³-hybridized carbons (Fsp3) is 0.458. The minimum atomic E-state index is -0.663. The van der Waals surface area contributed by atoms with Gasteiger partial charge in [0, 0.05) is 51.4 Å². The van der Waals surface area contributed by atoms with Gasteiger partial charge in [-0.1, -0.05) is 23.7 Å². The van der Waals surface area contributed by atoms with Gasteiger partial charge >= 0.3 is 0 Å². The number of hydrogen-bond donors (Lipinski definition) is 0. The highest BCUT2D eigenvalue weighted by Crippen LogP contribution is 2.60. The zero-order valence-electron chi connectivity index (χ0n) is 17.8. The third-order valence-corrected chi connectivity index (χ3v) is 7.57. The predicted octanol–water partition coefficient (Wildman–Crippen LogP) is 3.47. The Bertz CT molecular complexity index is 1020. The summed E-state index contributed by atoms with van der Waals surface area (Å²) in [7, 11) is 0. The Balaban J connectivity index is 1.15. The van der Waals surface area contributed by atoms with Gasteiger partial charge in [0.1, 0.15) is 5.82 Å². The summed E-state index contributed by atoms with van der Waals surface area (Å²) in [5, 5.41) is -0.0414. The number of amides is 2. The molecule has 3 fully saturated rings. The molecule has 6 nitrogen and oxygen atoms in total. The molecule has 1 atom stereocenters. The minimum Gasteiger partial charge on any atom is -0.353 e. The zero-order valence-corrected chi connectivity index (χ0v) is 18.6. The van der Waals surface area contributed by atoms with Crippen molar-refractivity contribution >= 4 is 29.2 Å². The Morgan fingerprint density at radius 2 is 1.72 bits per heavy atom. The molecule has 2 saturated heterocycles. The van der Waals surface area contributed by atoms with Crippen LogP contribution < -0.4 is 4.90 Å². The third kappa shape index (κ3) is 3.83. The quantitative estimate of drug-likeness (QED) is 0.709. The lowest BCUT2D eigenvalue weighted by Gasteiger charge is -2.37. The number of piperidine rings is 1. The first-order valence-corrected chi connectivity index (χ1v) is 11.5. The fourth-order valence-electron chi connectivity index (χ4n) is 5.16. The molecule has 0 N–H and O–H groups in total. The van der Waals surface area contributed by atoms with Crippen LogP contribution in [-0.2, 0) is 4.79 Å². The van der Waals surface area contributed by atoms with Gasteiger partial charge in [0.2, 0.25) is 5.91 Å². The minimum absolute atomic E-state index is 0.00113. The smallest absolute Gasteiger partial charge is 0.256 e. The largest absolute Gasteiger partial charge is 0.353 e. The summed E-state index contributed by atoms with van der Waals surface area (Å²) >= 11 is 5.83. The van der Waals surface area contributed by atoms with E-state index in [1.165, 1.54) is 12.1 Å². The van der Waals surface area contributed by atoms with Crippen LogP contribution in [0.1, 0.15) is 29.6 Å². The van der Waals surface area contributed by atoms with E-state index in [9.17, 15) is 14.0 Å². The van der Waals surface area contributed by atoms with E-state index in [0.29, 0.717) is 26.2 Å². The summed E-state index contributed by atoms with van der Waals surface area (Å²) in [5.41, 5.74) is 0.0152. The molecule has 32 heavy (non-hydrogen) atoms. The van der Waals surface area contributed by atoms with Crippen LogP contribution >= 0.6 is 11.6 Å². The van der Waals surface area contributed by atoms with E-state index in [2.05, 4.69) is 9.88 Å². The Morgan fingerprint density at radius 1 is 0.969 bits per heavy atom. The number of rotatable bonds is 3. The normalized spacial score (nSPS) is 22.2. The van der Waals surface area contributed by atoms with Crippen LogP contribution in [0.5, 0.6) is 0 Å². The number of carbonyl (C=O) groups is 2. The molecule has 3 aliphatic rings. The Labute approximate surface area is 192 Å². The maximum absolute atomic E-state index is 14.2. The van der Waals surface area contributed by atoms with E-state index in [-0.39, 0.29) is 33.7 Å². The maximum atomic E-state index is 14.2. The van der Waals surface area contributed by atoms with Crippen molar-refractivity contribution in [3.8, 4) is 0 Å². The van der Waals surface area contributed by atoms with Crippen LogP contribution in [0.2, 0.25) is 5.02 Å². The lowest BCUT2D eigenvalue weighted by atomic mass is 9.90. The topological polar surface area (TPSA) is 56.8 Å². The molecule has 1 spiro atoms. The van der Waals surface area contributed by atoms with Gasteiger partial charge in [0.15, 0.2) is 5.82 Å². The summed E-state index contributed by atoms with van der Waals surface area (Å²) in [5.74, 6) is 0.254. The number of hydrogen-bond acceptors (Lipinski definition) is 4. The second-order valence-electron chi connectivity index (χ2n) is 9.01. The molecule has 0 unspecified atom stereocenters.